The van der Waals surface area contributed by atoms with E-state index < -0.39 is 0 Å². The minimum Gasteiger partial charge on any atom is -0.487 e. The summed E-state index contributed by atoms with van der Waals surface area (Å²) in [5, 5.41) is 5.34. The van der Waals surface area contributed by atoms with Crippen LogP contribution in [0.25, 0.3) is 10.8 Å². The summed E-state index contributed by atoms with van der Waals surface area (Å²) >= 11 is 0. The molecule has 0 spiro atoms. The van der Waals surface area contributed by atoms with E-state index in [4.69, 9.17) is 4.74 Å². The number of pyridine rings is 1. The molecule has 0 aliphatic carbocycles. The topological polar surface area (TPSA) is 34.1 Å². The van der Waals surface area contributed by atoms with Gasteiger partial charge in [-0.25, -0.2) is 4.98 Å². The number of aromatic nitrogens is 1. The SMILES string of the molecule is CNc1cccc(COc2cccc3ccccc23)n1. The van der Waals surface area contributed by atoms with Gasteiger partial charge in [-0.1, -0.05) is 42.5 Å². The zero-order valence-corrected chi connectivity index (χ0v) is 11.3. The molecule has 0 aliphatic rings. The number of fused-ring (bicyclic) bond motifs is 1. The molecular formula is C17H16N2O. The molecule has 3 nitrogen and oxygen atoms in total. The van der Waals surface area contributed by atoms with Gasteiger partial charge < -0.3 is 10.1 Å². The highest BCUT2D eigenvalue weighted by atomic mass is 16.5. The van der Waals surface area contributed by atoms with E-state index in [0.29, 0.717) is 6.61 Å². The predicted octanol–water partition coefficient (Wildman–Crippen LogP) is 3.86. The zero-order valence-electron chi connectivity index (χ0n) is 11.3. The van der Waals surface area contributed by atoms with Crippen molar-refractivity contribution in [3.63, 3.8) is 0 Å². The lowest BCUT2D eigenvalue weighted by atomic mass is 10.1. The third-order valence-corrected chi connectivity index (χ3v) is 3.19. The van der Waals surface area contributed by atoms with Gasteiger partial charge in [-0.2, -0.15) is 0 Å². The molecule has 3 heteroatoms. The second kappa shape index (κ2) is 5.61. The summed E-state index contributed by atoms with van der Waals surface area (Å²) in [5.41, 5.74) is 0.907. The van der Waals surface area contributed by atoms with Crippen LogP contribution in [0.2, 0.25) is 0 Å². The van der Waals surface area contributed by atoms with E-state index in [1.165, 1.54) is 5.39 Å². The van der Waals surface area contributed by atoms with Crippen LogP contribution in [0.5, 0.6) is 5.75 Å². The van der Waals surface area contributed by atoms with Crippen molar-refractivity contribution >= 4 is 16.6 Å². The van der Waals surface area contributed by atoms with Crippen molar-refractivity contribution < 1.29 is 4.74 Å². The molecule has 0 aliphatic heterocycles. The molecule has 0 amide bonds. The fourth-order valence-corrected chi connectivity index (χ4v) is 2.17. The van der Waals surface area contributed by atoms with Crippen molar-refractivity contribution in [1.29, 1.82) is 0 Å². The first-order valence-electron chi connectivity index (χ1n) is 6.61. The summed E-state index contributed by atoms with van der Waals surface area (Å²) in [7, 11) is 1.86. The smallest absolute Gasteiger partial charge is 0.130 e. The Kier molecular flexibility index (Phi) is 3.50. The van der Waals surface area contributed by atoms with E-state index in [2.05, 4.69) is 28.5 Å². The van der Waals surface area contributed by atoms with E-state index >= 15 is 0 Å². The lowest BCUT2D eigenvalue weighted by molar-refractivity contribution is 0.305. The van der Waals surface area contributed by atoms with Crippen LogP contribution >= 0.6 is 0 Å². The lowest BCUT2D eigenvalue weighted by Crippen LogP contribution is -2.01. The number of ether oxygens (including phenoxy) is 1. The minimum atomic E-state index is 0.462. The van der Waals surface area contributed by atoms with Gasteiger partial charge in [-0.3, -0.25) is 0 Å². The Morgan fingerprint density at radius 1 is 0.950 bits per heavy atom. The quantitative estimate of drug-likeness (QED) is 0.777. The Balaban J connectivity index is 1.83. The third kappa shape index (κ3) is 2.57. The van der Waals surface area contributed by atoms with Gasteiger partial charge in [0.05, 0.1) is 5.69 Å². The van der Waals surface area contributed by atoms with Crippen LogP contribution in [-0.4, -0.2) is 12.0 Å². The maximum Gasteiger partial charge on any atom is 0.130 e. The standard InChI is InChI=1S/C17H16N2O/c1-18-17-11-5-8-14(19-17)12-20-16-10-4-7-13-6-2-3-9-15(13)16/h2-11H,12H2,1H3,(H,18,19). The van der Waals surface area contributed by atoms with Crippen molar-refractivity contribution in [2.24, 2.45) is 0 Å². The molecule has 0 atom stereocenters. The summed E-state index contributed by atoms with van der Waals surface area (Å²) in [4.78, 5) is 4.45. The molecule has 2 aromatic carbocycles. The minimum absolute atomic E-state index is 0.462. The van der Waals surface area contributed by atoms with E-state index in [0.717, 1.165) is 22.6 Å². The fourth-order valence-electron chi connectivity index (χ4n) is 2.17. The summed E-state index contributed by atoms with van der Waals surface area (Å²) in [6.07, 6.45) is 0. The van der Waals surface area contributed by atoms with Gasteiger partial charge in [0.1, 0.15) is 18.2 Å². The van der Waals surface area contributed by atoms with Gasteiger partial charge in [0.25, 0.3) is 0 Å². The second-order valence-corrected chi connectivity index (χ2v) is 4.53. The number of nitrogens with one attached hydrogen (secondary N) is 1. The van der Waals surface area contributed by atoms with Gasteiger partial charge in [-0.05, 0) is 23.6 Å². The predicted molar refractivity (Wildman–Crippen MR) is 82.1 cm³/mol. The Hall–Kier alpha value is -2.55. The molecule has 3 aromatic rings. The maximum absolute atomic E-state index is 5.91. The Morgan fingerprint density at radius 3 is 2.65 bits per heavy atom. The number of hydrogen-bond donors (Lipinski definition) is 1. The normalized spacial score (nSPS) is 10.4. The molecule has 1 aromatic heterocycles. The first-order valence-corrected chi connectivity index (χ1v) is 6.61. The van der Waals surface area contributed by atoms with Crippen LogP contribution in [0, 0.1) is 0 Å². The first-order chi connectivity index (χ1) is 9.86. The lowest BCUT2D eigenvalue weighted by Gasteiger charge is -2.09. The maximum atomic E-state index is 5.91. The summed E-state index contributed by atoms with van der Waals surface area (Å²) in [6, 6.07) is 20.2. The van der Waals surface area contributed by atoms with Gasteiger partial charge in [-0.15, -0.1) is 0 Å². The zero-order chi connectivity index (χ0) is 13.8. The van der Waals surface area contributed by atoms with Crippen LogP contribution in [0.4, 0.5) is 5.82 Å². The first kappa shape index (κ1) is 12.5. The third-order valence-electron chi connectivity index (χ3n) is 3.19. The van der Waals surface area contributed by atoms with Gasteiger partial charge >= 0.3 is 0 Å². The number of hydrogen-bond acceptors (Lipinski definition) is 3. The Labute approximate surface area is 118 Å². The molecular weight excluding hydrogens is 248 g/mol. The summed E-state index contributed by atoms with van der Waals surface area (Å²) in [5.74, 6) is 1.74. The van der Waals surface area contributed by atoms with E-state index in [1.807, 2.05) is 49.5 Å². The molecule has 0 fully saturated rings. The molecule has 100 valence electrons. The fraction of sp³-hybridized carbons (Fsp3) is 0.118. The highest BCUT2D eigenvalue weighted by molar-refractivity contribution is 5.88. The largest absolute Gasteiger partial charge is 0.487 e. The average molecular weight is 264 g/mol. The highest BCUT2D eigenvalue weighted by Crippen LogP contribution is 2.25. The van der Waals surface area contributed by atoms with E-state index in [9.17, 15) is 0 Å². The number of rotatable bonds is 4. The highest BCUT2D eigenvalue weighted by Gasteiger charge is 2.02. The van der Waals surface area contributed by atoms with Crippen LogP contribution in [-0.2, 0) is 6.61 Å². The molecule has 0 unspecified atom stereocenters. The molecule has 1 heterocycles. The van der Waals surface area contributed by atoms with Crippen molar-refractivity contribution in [2.75, 3.05) is 12.4 Å². The molecule has 0 saturated carbocycles. The number of anilines is 1. The van der Waals surface area contributed by atoms with Gasteiger partial charge in [0.2, 0.25) is 0 Å². The molecule has 0 bridgehead atoms. The van der Waals surface area contributed by atoms with Crippen LogP contribution in [0.3, 0.4) is 0 Å². The molecule has 3 rings (SSSR count). The Bertz CT molecular complexity index is 720. The van der Waals surface area contributed by atoms with Crippen molar-refractivity contribution in [2.45, 2.75) is 6.61 Å². The number of nitrogens with zero attached hydrogens (tertiary/aromatic N) is 1. The van der Waals surface area contributed by atoms with Crippen LogP contribution in [0.1, 0.15) is 5.69 Å². The van der Waals surface area contributed by atoms with Crippen molar-refractivity contribution in [3.8, 4) is 5.75 Å². The molecule has 0 saturated heterocycles. The van der Waals surface area contributed by atoms with Gasteiger partial charge in [0.15, 0.2) is 0 Å². The van der Waals surface area contributed by atoms with Crippen molar-refractivity contribution in [3.05, 3.63) is 66.4 Å². The van der Waals surface area contributed by atoms with Crippen molar-refractivity contribution in [1.82, 2.24) is 4.98 Å². The summed E-state index contributed by atoms with van der Waals surface area (Å²) in [6.45, 7) is 0.462. The van der Waals surface area contributed by atoms with E-state index in [1.54, 1.807) is 0 Å². The number of benzene rings is 2. The molecule has 20 heavy (non-hydrogen) atoms. The van der Waals surface area contributed by atoms with Crippen LogP contribution in [0.15, 0.2) is 60.7 Å². The Morgan fingerprint density at radius 2 is 1.75 bits per heavy atom. The van der Waals surface area contributed by atoms with Crippen LogP contribution < -0.4 is 10.1 Å². The summed E-state index contributed by atoms with van der Waals surface area (Å²) < 4.78 is 5.91. The van der Waals surface area contributed by atoms with E-state index in [-0.39, 0.29) is 0 Å². The van der Waals surface area contributed by atoms with Gasteiger partial charge in [0, 0.05) is 12.4 Å². The monoisotopic (exact) mass is 264 g/mol. The second-order valence-electron chi connectivity index (χ2n) is 4.53. The molecule has 0 radical (unpaired) electrons. The molecule has 1 N–H and O–H groups in total. The average Bonchev–Trinajstić information content (AvgIpc) is 2.53.